The van der Waals surface area contributed by atoms with Crippen LogP contribution < -0.4 is 56.1 Å². The number of benzene rings is 2. The fourth-order valence-electron chi connectivity index (χ4n) is 2.72. The Hall–Kier alpha value is -0.214. The Balaban J connectivity index is 0.00000338. The molecule has 136 valence electrons. The maximum atomic E-state index is 11.5. The van der Waals surface area contributed by atoms with Gasteiger partial charge >= 0.3 is 51.4 Å². The Morgan fingerprint density at radius 2 is 1.58 bits per heavy atom. The van der Waals surface area contributed by atoms with Crippen LogP contribution in [0, 0.1) is 0 Å². The van der Waals surface area contributed by atoms with Gasteiger partial charge in [-0.25, -0.2) is 8.42 Å². The first kappa shape index (κ1) is 23.8. The van der Waals surface area contributed by atoms with Gasteiger partial charge in [-0.1, -0.05) is 63.3 Å². The van der Waals surface area contributed by atoms with Crippen LogP contribution in [0.5, 0.6) is 11.5 Å². The van der Waals surface area contributed by atoms with E-state index in [0.29, 0.717) is 5.75 Å². The monoisotopic (exact) mass is 400 g/mol. The van der Waals surface area contributed by atoms with Gasteiger partial charge in [0.25, 0.3) is 0 Å². The summed E-state index contributed by atoms with van der Waals surface area (Å²) >= 11 is 0. The number of ether oxygens (including phenoxy) is 1. The summed E-state index contributed by atoms with van der Waals surface area (Å²) in [5, 5.41) is 0. The van der Waals surface area contributed by atoms with Gasteiger partial charge in [-0.3, -0.25) is 0 Å². The van der Waals surface area contributed by atoms with E-state index in [1.165, 1.54) is 31.7 Å². The van der Waals surface area contributed by atoms with Crippen molar-refractivity contribution in [2.24, 2.45) is 0 Å². The molecule has 0 heterocycles. The van der Waals surface area contributed by atoms with E-state index in [2.05, 4.69) is 6.92 Å². The number of para-hydroxylation sites is 1. The molecule has 4 nitrogen and oxygen atoms in total. The molecule has 0 N–H and O–H groups in total. The first-order valence-corrected chi connectivity index (χ1v) is 10.2. The zero-order chi connectivity index (χ0) is 18.1. The zero-order valence-electron chi connectivity index (χ0n) is 15.6. The van der Waals surface area contributed by atoms with Gasteiger partial charge in [0.2, 0.25) is 0 Å². The smallest absolute Gasteiger partial charge is 0.744 e. The third kappa shape index (κ3) is 8.21. The van der Waals surface area contributed by atoms with E-state index in [1.54, 1.807) is 36.4 Å². The Kier molecular flexibility index (Phi) is 11.3. The van der Waals surface area contributed by atoms with Crippen LogP contribution in [0.25, 0.3) is 0 Å². The van der Waals surface area contributed by atoms with Crippen molar-refractivity contribution in [1.82, 2.24) is 0 Å². The SMILES string of the molecule is CCCCCCCCc1ccc(S(=O)(=O)[O-])c(Oc2ccccc2)c1.[K+]. The third-order valence-corrected chi connectivity index (χ3v) is 4.94. The van der Waals surface area contributed by atoms with Crippen LogP contribution in [0.3, 0.4) is 0 Å². The molecule has 0 bridgehead atoms. The molecule has 6 heteroatoms. The maximum Gasteiger partial charge on any atom is 1.00 e. The van der Waals surface area contributed by atoms with E-state index in [4.69, 9.17) is 4.74 Å². The summed E-state index contributed by atoms with van der Waals surface area (Å²) in [6, 6.07) is 13.6. The van der Waals surface area contributed by atoms with Crippen molar-refractivity contribution < 1.29 is 69.1 Å². The van der Waals surface area contributed by atoms with Gasteiger partial charge < -0.3 is 9.29 Å². The van der Waals surface area contributed by atoms with Crippen molar-refractivity contribution in [2.45, 2.75) is 56.8 Å². The summed E-state index contributed by atoms with van der Waals surface area (Å²) in [5.41, 5.74) is 0.980. The Labute approximate surface area is 199 Å². The molecule has 0 aliphatic rings. The van der Waals surface area contributed by atoms with Gasteiger partial charge in [0.05, 0.1) is 4.90 Å². The molecule has 0 unspecified atom stereocenters. The van der Waals surface area contributed by atoms with Crippen molar-refractivity contribution in [3.63, 3.8) is 0 Å². The third-order valence-electron chi connectivity index (χ3n) is 4.07. The van der Waals surface area contributed by atoms with Crippen molar-refractivity contribution >= 4 is 10.1 Å². The second-order valence-corrected chi connectivity index (χ2v) is 7.52. The number of rotatable bonds is 10. The number of hydrogen-bond acceptors (Lipinski definition) is 4. The van der Waals surface area contributed by atoms with Crippen LogP contribution >= 0.6 is 0 Å². The molecule has 2 rings (SSSR count). The molecular formula is C20H25KO4S. The molecule has 0 saturated heterocycles. The summed E-state index contributed by atoms with van der Waals surface area (Å²) < 4.78 is 40.1. The molecule has 0 amide bonds. The molecule has 0 radical (unpaired) electrons. The second-order valence-electron chi connectivity index (χ2n) is 6.17. The summed E-state index contributed by atoms with van der Waals surface area (Å²) in [6.07, 6.45) is 8.00. The van der Waals surface area contributed by atoms with Crippen molar-refractivity contribution in [3.8, 4) is 11.5 Å². The molecule has 0 fully saturated rings. The van der Waals surface area contributed by atoms with E-state index < -0.39 is 10.1 Å². The van der Waals surface area contributed by atoms with E-state index in [-0.39, 0.29) is 62.0 Å². The average molecular weight is 401 g/mol. The largest absolute Gasteiger partial charge is 1.00 e. The molecule has 2 aromatic rings. The van der Waals surface area contributed by atoms with Gasteiger partial charge in [-0.15, -0.1) is 0 Å². The van der Waals surface area contributed by atoms with Crippen LogP contribution in [-0.4, -0.2) is 13.0 Å². The van der Waals surface area contributed by atoms with Crippen LogP contribution in [0.2, 0.25) is 0 Å². The Bertz CT molecular complexity index is 761. The average Bonchev–Trinajstić information content (AvgIpc) is 2.58. The molecular weight excluding hydrogens is 375 g/mol. The van der Waals surface area contributed by atoms with Gasteiger partial charge in [0, 0.05) is 0 Å². The van der Waals surface area contributed by atoms with Gasteiger partial charge in [0.15, 0.2) is 0 Å². The van der Waals surface area contributed by atoms with Crippen molar-refractivity contribution in [3.05, 3.63) is 54.1 Å². The molecule has 0 saturated carbocycles. The minimum absolute atomic E-state index is 0. The molecule has 0 atom stereocenters. The number of aryl methyl sites for hydroxylation is 1. The second kappa shape index (κ2) is 12.3. The van der Waals surface area contributed by atoms with Crippen LogP contribution in [0.4, 0.5) is 0 Å². The normalized spacial score (nSPS) is 11.0. The molecule has 0 spiro atoms. The number of hydrogen-bond donors (Lipinski definition) is 0. The van der Waals surface area contributed by atoms with Gasteiger partial charge in [-0.05, 0) is 42.7 Å². The zero-order valence-corrected chi connectivity index (χ0v) is 19.5. The standard InChI is InChI=1S/C20H26O4S.K/c1-2-3-4-5-6-8-11-17-14-15-20(25(21,22)23)19(16-17)24-18-12-9-7-10-13-18;/h7,9-10,12-16H,2-6,8,11H2,1H3,(H,21,22,23);/q;+1/p-1. The fraction of sp³-hybridized carbons (Fsp3) is 0.400. The van der Waals surface area contributed by atoms with Crippen LogP contribution in [-0.2, 0) is 16.5 Å². The van der Waals surface area contributed by atoms with Gasteiger partial charge in [-0.2, -0.15) is 0 Å². The maximum absolute atomic E-state index is 11.5. The van der Waals surface area contributed by atoms with Gasteiger partial charge in [0.1, 0.15) is 21.6 Å². The van der Waals surface area contributed by atoms with Crippen molar-refractivity contribution in [2.75, 3.05) is 0 Å². The first-order valence-electron chi connectivity index (χ1n) is 8.82. The molecule has 0 aromatic heterocycles. The first-order chi connectivity index (χ1) is 12.0. The number of unbranched alkanes of at least 4 members (excludes halogenated alkanes) is 5. The molecule has 0 aliphatic carbocycles. The predicted molar refractivity (Wildman–Crippen MR) is 98.0 cm³/mol. The Morgan fingerprint density at radius 1 is 0.923 bits per heavy atom. The quantitative estimate of drug-likeness (QED) is 0.349. The minimum atomic E-state index is -4.58. The van der Waals surface area contributed by atoms with Crippen molar-refractivity contribution in [1.29, 1.82) is 0 Å². The molecule has 2 aromatic carbocycles. The topological polar surface area (TPSA) is 66.4 Å². The molecule has 0 aliphatic heterocycles. The predicted octanol–water partition coefficient (Wildman–Crippen LogP) is 2.29. The summed E-state index contributed by atoms with van der Waals surface area (Å²) in [6.45, 7) is 2.19. The van der Waals surface area contributed by atoms with Crippen LogP contribution in [0.1, 0.15) is 51.0 Å². The minimum Gasteiger partial charge on any atom is -0.744 e. The van der Waals surface area contributed by atoms with E-state index in [1.807, 2.05) is 6.07 Å². The van der Waals surface area contributed by atoms with E-state index >= 15 is 0 Å². The summed E-state index contributed by atoms with van der Waals surface area (Å²) in [4.78, 5) is -0.317. The molecule has 26 heavy (non-hydrogen) atoms. The van der Waals surface area contributed by atoms with Crippen LogP contribution in [0.15, 0.2) is 53.4 Å². The summed E-state index contributed by atoms with van der Waals surface area (Å²) in [5.74, 6) is 0.605. The fourth-order valence-corrected chi connectivity index (χ4v) is 3.30. The Morgan fingerprint density at radius 3 is 2.23 bits per heavy atom. The summed E-state index contributed by atoms with van der Waals surface area (Å²) in [7, 11) is -4.58. The van der Waals surface area contributed by atoms with E-state index in [9.17, 15) is 13.0 Å². The van der Waals surface area contributed by atoms with E-state index in [0.717, 1.165) is 24.8 Å².